The summed E-state index contributed by atoms with van der Waals surface area (Å²) in [5, 5.41) is 0.567. The maximum Gasteiger partial charge on any atom is 0.245 e. The molecular weight excluding hydrogens is 433 g/mol. The average molecular weight is 460 g/mol. The lowest BCUT2D eigenvalue weighted by Gasteiger charge is -2.37. The average Bonchev–Trinajstić information content (AvgIpc) is 3.23. The molecule has 170 valence electrons. The lowest BCUT2D eigenvalue weighted by Crippen LogP contribution is -2.54. The van der Waals surface area contributed by atoms with Crippen molar-refractivity contribution in [3.8, 4) is 0 Å². The van der Waals surface area contributed by atoms with Crippen molar-refractivity contribution in [1.82, 2.24) is 24.1 Å². The fraction of sp³-hybridized carbons (Fsp3) is 0.364. The third-order valence-corrected chi connectivity index (χ3v) is 7.83. The molecule has 1 aromatic carbocycles. The molecule has 0 aliphatic carbocycles. The van der Waals surface area contributed by atoms with E-state index in [0.717, 1.165) is 5.56 Å². The first-order chi connectivity index (χ1) is 15.3. The Labute approximate surface area is 186 Å². The number of halogens is 1. The number of carbonyl (C=O) groups is 1. The third-order valence-electron chi connectivity index (χ3n) is 5.89. The molecule has 4 rings (SSSR count). The lowest BCUT2D eigenvalue weighted by atomic mass is 10.1. The smallest absolute Gasteiger partial charge is 0.245 e. The van der Waals surface area contributed by atoms with Gasteiger partial charge in [0.05, 0.1) is 6.04 Å². The molecule has 1 atom stereocenters. The Bertz CT molecular complexity index is 1220. The predicted molar refractivity (Wildman–Crippen MR) is 119 cm³/mol. The van der Waals surface area contributed by atoms with Gasteiger partial charge in [-0.1, -0.05) is 12.1 Å². The molecule has 8 nitrogen and oxygen atoms in total. The van der Waals surface area contributed by atoms with Gasteiger partial charge >= 0.3 is 0 Å². The minimum absolute atomic E-state index is 0.0896. The molecule has 2 aromatic heterocycles. The lowest BCUT2D eigenvalue weighted by molar-refractivity contribution is -0.136. The van der Waals surface area contributed by atoms with Gasteiger partial charge in [0.2, 0.25) is 15.9 Å². The normalized spacial score (nSPS) is 16.8. The molecule has 1 N–H and O–H groups in total. The van der Waals surface area contributed by atoms with E-state index in [1.807, 2.05) is 11.8 Å². The number of fused-ring (bicyclic) bond motifs is 1. The number of rotatable bonds is 6. The monoisotopic (exact) mass is 459 g/mol. The molecule has 1 saturated heterocycles. The first-order valence-corrected chi connectivity index (χ1v) is 11.9. The minimum atomic E-state index is -3.67. The first kappa shape index (κ1) is 22.4. The van der Waals surface area contributed by atoms with E-state index in [0.29, 0.717) is 43.8 Å². The number of piperazine rings is 1. The minimum Gasteiger partial charge on any atom is -0.345 e. The maximum atomic E-state index is 13.4. The zero-order valence-electron chi connectivity index (χ0n) is 18.0. The zero-order chi connectivity index (χ0) is 22.9. The van der Waals surface area contributed by atoms with Crippen molar-refractivity contribution in [1.29, 1.82) is 0 Å². The molecular formula is C22H26FN5O3S. The van der Waals surface area contributed by atoms with Crippen LogP contribution in [0.3, 0.4) is 0 Å². The van der Waals surface area contributed by atoms with Crippen molar-refractivity contribution < 1.29 is 17.6 Å². The van der Waals surface area contributed by atoms with Gasteiger partial charge in [0.25, 0.3) is 0 Å². The number of aromatic nitrogens is 2. The van der Waals surface area contributed by atoms with Crippen LogP contribution in [0.4, 0.5) is 4.39 Å². The maximum absolute atomic E-state index is 13.4. The number of pyridine rings is 1. The van der Waals surface area contributed by atoms with Gasteiger partial charge in [-0.3, -0.25) is 9.69 Å². The van der Waals surface area contributed by atoms with E-state index >= 15 is 0 Å². The van der Waals surface area contributed by atoms with E-state index < -0.39 is 16.1 Å². The Kier molecular flexibility index (Phi) is 6.27. The van der Waals surface area contributed by atoms with E-state index in [4.69, 9.17) is 0 Å². The first-order valence-electron chi connectivity index (χ1n) is 10.4. The largest absolute Gasteiger partial charge is 0.345 e. The number of amides is 1. The van der Waals surface area contributed by atoms with E-state index in [1.54, 1.807) is 42.4 Å². The highest BCUT2D eigenvalue weighted by molar-refractivity contribution is 7.89. The summed E-state index contributed by atoms with van der Waals surface area (Å²) in [6.07, 6.45) is 3.09. The summed E-state index contributed by atoms with van der Waals surface area (Å²) < 4.78 is 41.2. The molecule has 0 saturated carbocycles. The number of nitrogens with zero attached hydrogens (tertiary/aromatic N) is 4. The molecule has 1 amide bonds. The van der Waals surface area contributed by atoms with Crippen LogP contribution >= 0.6 is 0 Å². The van der Waals surface area contributed by atoms with E-state index in [2.05, 4.69) is 9.97 Å². The molecule has 1 unspecified atom stereocenters. The number of sulfonamides is 1. The second-order valence-corrected chi connectivity index (χ2v) is 9.90. The number of carbonyl (C=O) groups excluding carboxylic acids is 1. The van der Waals surface area contributed by atoms with Gasteiger partial charge in [-0.2, -0.15) is 4.31 Å². The van der Waals surface area contributed by atoms with Crippen molar-refractivity contribution in [2.45, 2.75) is 24.4 Å². The molecule has 10 heteroatoms. The quantitative estimate of drug-likeness (QED) is 0.610. The van der Waals surface area contributed by atoms with Crippen molar-refractivity contribution >= 4 is 27.0 Å². The molecule has 32 heavy (non-hydrogen) atoms. The van der Waals surface area contributed by atoms with Crippen molar-refractivity contribution in [2.75, 3.05) is 33.2 Å². The topological polar surface area (TPSA) is 89.6 Å². The summed E-state index contributed by atoms with van der Waals surface area (Å²) in [6.45, 7) is 3.60. The van der Waals surface area contributed by atoms with Crippen LogP contribution in [0.15, 0.2) is 53.7 Å². The van der Waals surface area contributed by atoms with Crippen LogP contribution in [0.5, 0.6) is 0 Å². The van der Waals surface area contributed by atoms with Gasteiger partial charge in [-0.05, 0) is 36.8 Å². The Balaban J connectivity index is 1.39. The molecule has 0 radical (unpaired) electrons. The summed E-state index contributed by atoms with van der Waals surface area (Å²) in [4.78, 5) is 23.7. The summed E-state index contributed by atoms with van der Waals surface area (Å²) in [5.41, 5.74) is 1.25. The van der Waals surface area contributed by atoms with E-state index in [1.165, 1.54) is 22.6 Å². The number of nitrogens with one attached hydrogen (secondary N) is 1. The van der Waals surface area contributed by atoms with Crippen LogP contribution in [0.25, 0.3) is 11.0 Å². The second-order valence-electron chi connectivity index (χ2n) is 7.99. The summed E-state index contributed by atoms with van der Waals surface area (Å²) >= 11 is 0. The SMILES string of the molecule is CC(C(=O)N(C)Cc1cccc(F)c1)N1CCN(S(=O)(=O)c2c[nH]c3ncccc23)CC1. The van der Waals surface area contributed by atoms with Gasteiger partial charge in [0, 0.05) is 57.6 Å². The highest BCUT2D eigenvalue weighted by atomic mass is 32.2. The van der Waals surface area contributed by atoms with Gasteiger partial charge in [0.15, 0.2) is 0 Å². The van der Waals surface area contributed by atoms with Gasteiger partial charge < -0.3 is 9.88 Å². The molecule has 3 heterocycles. The molecule has 1 aliphatic rings. The Morgan fingerprint density at radius 3 is 2.69 bits per heavy atom. The molecule has 1 aliphatic heterocycles. The third kappa shape index (κ3) is 4.38. The molecule has 0 spiro atoms. The summed E-state index contributed by atoms with van der Waals surface area (Å²) in [7, 11) is -1.98. The number of aromatic amines is 1. The van der Waals surface area contributed by atoms with Gasteiger partial charge in [-0.25, -0.2) is 17.8 Å². The molecule has 3 aromatic rings. The number of H-pyrrole nitrogens is 1. The van der Waals surface area contributed by atoms with Crippen LogP contribution in [0.2, 0.25) is 0 Å². The second kappa shape index (κ2) is 8.97. The highest BCUT2D eigenvalue weighted by Crippen LogP contribution is 2.25. The zero-order valence-corrected chi connectivity index (χ0v) is 18.8. The Hall–Kier alpha value is -2.82. The highest BCUT2D eigenvalue weighted by Gasteiger charge is 2.33. The number of benzene rings is 1. The van der Waals surface area contributed by atoms with E-state index in [9.17, 15) is 17.6 Å². The fourth-order valence-electron chi connectivity index (χ4n) is 4.08. The standard InChI is InChI=1S/C22H26FN5O3S/c1-16(22(29)26(2)15-17-5-3-6-18(23)13-17)27-9-11-28(12-10-27)32(30,31)20-14-25-21-19(20)7-4-8-24-21/h3-8,13-14,16H,9-12,15H2,1-2H3,(H,24,25). The predicted octanol–water partition coefficient (Wildman–Crippen LogP) is 2.06. The number of hydrogen-bond acceptors (Lipinski definition) is 5. The van der Waals surface area contributed by atoms with Gasteiger partial charge in [0.1, 0.15) is 16.4 Å². The van der Waals surface area contributed by atoms with Crippen LogP contribution in [0.1, 0.15) is 12.5 Å². The van der Waals surface area contributed by atoms with E-state index in [-0.39, 0.29) is 16.6 Å². The van der Waals surface area contributed by atoms with Crippen molar-refractivity contribution in [3.63, 3.8) is 0 Å². The Morgan fingerprint density at radius 2 is 1.97 bits per heavy atom. The van der Waals surface area contributed by atoms with Crippen LogP contribution in [-0.4, -0.2) is 77.7 Å². The summed E-state index contributed by atoms with van der Waals surface area (Å²) in [6, 6.07) is 9.22. The van der Waals surface area contributed by atoms with Crippen molar-refractivity contribution in [2.24, 2.45) is 0 Å². The fourth-order valence-corrected chi connectivity index (χ4v) is 5.65. The van der Waals surface area contributed by atoms with Crippen LogP contribution < -0.4 is 0 Å². The number of hydrogen-bond donors (Lipinski definition) is 1. The Morgan fingerprint density at radius 1 is 1.22 bits per heavy atom. The summed E-state index contributed by atoms with van der Waals surface area (Å²) in [5.74, 6) is -0.423. The van der Waals surface area contributed by atoms with Crippen LogP contribution in [-0.2, 0) is 21.4 Å². The van der Waals surface area contributed by atoms with Gasteiger partial charge in [-0.15, -0.1) is 0 Å². The van der Waals surface area contributed by atoms with Crippen LogP contribution in [0, 0.1) is 5.82 Å². The number of likely N-dealkylation sites (N-methyl/N-ethyl adjacent to an activating group) is 1. The molecule has 1 fully saturated rings. The van der Waals surface area contributed by atoms with Crippen molar-refractivity contribution in [3.05, 3.63) is 60.2 Å². The molecule has 0 bridgehead atoms.